The molecule has 0 bridgehead atoms. The number of piperidine rings is 1. The second-order valence-electron chi connectivity index (χ2n) is 7.77. The molecule has 0 unspecified atom stereocenters. The first kappa shape index (κ1) is 18.4. The molecule has 3 amide bonds. The molecule has 3 fully saturated rings. The molecule has 3 saturated heterocycles. The summed E-state index contributed by atoms with van der Waals surface area (Å²) in [5.41, 5.74) is 0.540. The van der Waals surface area contributed by atoms with Gasteiger partial charge in [0, 0.05) is 36.9 Å². The van der Waals surface area contributed by atoms with Crippen LogP contribution >= 0.6 is 11.6 Å². The maximum atomic E-state index is 12.9. The molecule has 144 valence electrons. The van der Waals surface area contributed by atoms with Gasteiger partial charge in [0.2, 0.25) is 11.8 Å². The molecular weight excluding hydrogens is 366 g/mol. The number of nitrogens with one attached hydrogen (secondary N) is 1. The largest absolute Gasteiger partial charge is 0.342 e. The van der Waals surface area contributed by atoms with Gasteiger partial charge in [0.15, 0.2) is 6.04 Å². The van der Waals surface area contributed by atoms with Crippen molar-refractivity contribution in [3.8, 4) is 0 Å². The summed E-state index contributed by atoms with van der Waals surface area (Å²) in [4.78, 5) is 42.4. The van der Waals surface area contributed by atoms with Crippen LogP contribution in [0.15, 0.2) is 24.3 Å². The molecule has 0 aliphatic carbocycles. The van der Waals surface area contributed by atoms with E-state index in [4.69, 9.17) is 11.6 Å². The highest BCUT2D eigenvalue weighted by atomic mass is 35.5. The van der Waals surface area contributed by atoms with Gasteiger partial charge in [-0.05, 0) is 31.0 Å². The molecular formula is C20H25ClN3O3+. The molecule has 0 saturated carbocycles. The molecule has 27 heavy (non-hydrogen) atoms. The number of imide groups is 1. The van der Waals surface area contributed by atoms with Crippen LogP contribution in [0.1, 0.15) is 32.1 Å². The van der Waals surface area contributed by atoms with Gasteiger partial charge in [-0.15, -0.1) is 0 Å². The van der Waals surface area contributed by atoms with E-state index in [1.54, 1.807) is 24.3 Å². The van der Waals surface area contributed by atoms with Crippen LogP contribution in [-0.4, -0.2) is 54.8 Å². The standard InChI is InChI=1S/C20H24ClN3O3/c21-15-4-3-5-16(12-15)24-18(25)13-17(20(24)27)22-10-6-14(7-11-22)19(26)23-8-1-2-9-23/h3-5,12,14,17H,1-2,6-11,13H2/p+1/t17-/m1/s1. The average Bonchev–Trinajstić information content (AvgIpc) is 3.30. The molecule has 3 aliphatic heterocycles. The Hall–Kier alpha value is -1.92. The first-order chi connectivity index (χ1) is 13.0. The van der Waals surface area contributed by atoms with Crippen molar-refractivity contribution in [2.75, 3.05) is 31.1 Å². The lowest BCUT2D eigenvalue weighted by molar-refractivity contribution is -0.920. The predicted molar refractivity (Wildman–Crippen MR) is 102 cm³/mol. The molecule has 1 N–H and O–H groups in total. The fraction of sp³-hybridized carbons (Fsp3) is 0.550. The van der Waals surface area contributed by atoms with Crippen LogP contribution in [0, 0.1) is 5.92 Å². The number of carbonyl (C=O) groups is 3. The topological polar surface area (TPSA) is 62.1 Å². The summed E-state index contributed by atoms with van der Waals surface area (Å²) in [5.74, 6) is 0.0284. The molecule has 7 heteroatoms. The monoisotopic (exact) mass is 390 g/mol. The van der Waals surface area contributed by atoms with Gasteiger partial charge in [-0.1, -0.05) is 17.7 Å². The Morgan fingerprint density at radius 3 is 2.48 bits per heavy atom. The zero-order chi connectivity index (χ0) is 19.0. The van der Waals surface area contributed by atoms with Gasteiger partial charge in [0.05, 0.1) is 25.2 Å². The van der Waals surface area contributed by atoms with Gasteiger partial charge in [-0.3, -0.25) is 14.4 Å². The Morgan fingerprint density at radius 1 is 1.11 bits per heavy atom. The lowest BCUT2D eigenvalue weighted by Crippen LogP contribution is -3.17. The molecule has 1 aromatic rings. The number of quaternary nitrogens is 1. The normalized spacial score (nSPS) is 28.9. The van der Waals surface area contributed by atoms with E-state index in [0.717, 1.165) is 56.8 Å². The third-order valence-corrected chi connectivity index (χ3v) is 6.34. The van der Waals surface area contributed by atoms with Crippen LogP contribution in [0.5, 0.6) is 0 Å². The van der Waals surface area contributed by atoms with E-state index in [9.17, 15) is 14.4 Å². The number of likely N-dealkylation sites (tertiary alicyclic amines) is 2. The summed E-state index contributed by atoms with van der Waals surface area (Å²) in [6, 6.07) is 6.50. The van der Waals surface area contributed by atoms with Crippen LogP contribution in [0.25, 0.3) is 0 Å². The fourth-order valence-corrected chi connectivity index (χ4v) is 4.80. The minimum Gasteiger partial charge on any atom is -0.342 e. The number of nitrogens with zero attached hydrogens (tertiary/aromatic N) is 2. The van der Waals surface area contributed by atoms with Crippen LogP contribution < -0.4 is 9.80 Å². The summed E-state index contributed by atoms with van der Waals surface area (Å²) in [5, 5.41) is 0.505. The van der Waals surface area contributed by atoms with E-state index in [0.29, 0.717) is 10.7 Å². The van der Waals surface area contributed by atoms with Crippen LogP contribution in [0.3, 0.4) is 0 Å². The Balaban J connectivity index is 1.39. The minimum atomic E-state index is -0.348. The number of hydrogen-bond acceptors (Lipinski definition) is 3. The summed E-state index contributed by atoms with van der Waals surface area (Å²) >= 11 is 6.01. The molecule has 6 nitrogen and oxygen atoms in total. The van der Waals surface area contributed by atoms with Crippen molar-refractivity contribution in [3.63, 3.8) is 0 Å². The Morgan fingerprint density at radius 2 is 1.81 bits per heavy atom. The van der Waals surface area contributed by atoms with Gasteiger partial charge < -0.3 is 9.80 Å². The lowest BCUT2D eigenvalue weighted by Gasteiger charge is -2.33. The molecule has 1 atom stereocenters. The molecule has 1 aromatic carbocycles. The summed E-state index contributed by atoms with van der Waals surface area (Å²) in [6.45, 7) is 3.29. The van der Waals surface area contributed by atoms with Crippen molar-refractivity contribution >= 4 is 35.0 Å². The smallest absolute Gasteiger partial charge is 0.292 e. The van der Waals surface area contributed by atoms with Gasteiger partial charge in [-0.2, -0.15) is 0 Å². The second-order valence-corrected chi connectivity index (χ2v) is 8.21. The molecule has 3 aliphatic rings. The molecule has 4 rings (SSSR count). The maximum Gasteiger partial charge on any atom is 0.292 e. The maximum absolute atomic E-state index is 12.9. The SMILES string of the molecule is O=C(C1CC[NH+]([C@@H]2CC(=O)N(c3cccc(Cl)c3)C2=O)CC1)N1CCCC1. The van der Waals surface area contributed by atoms with Crippen molar-refractivity contribution in [3.05, 3.63) is 29.3 Å². The Kier molecular flexibility index (Phi) is 5.19. The van der Waals surface area contributed by atoms with E-state index < -0.39 is 0 Å². The highest BCUT2D eigenvalue weighted by Gasteiger charge is 2.47. The van der Waals surface area contributed by atoms with Crippen LogP contribution in [0.4, 0.5) is 5.69 Å². The van der Waals surface area contributed by atoms with Gasteiger partial charge in [0.1, 0.15) is 0 Å². The van der Waals surface area contributed by atoms with Gasteiger partial charge in [-0.25, -0.2) is 4.90 Å². The van der Waals surface area contributed by atoms with Gasteiger partial charge >= 0.3 is 0 Å². The first-order valence-electron chi connectivity index (χ1n) is 9.80. The number of amides is 3. The van der Waals surface area contributed by atoms with E-state index >= 15 is 0 Å². The fourth-order valence-electron chi connectivity index (χ4n) is 4.62. The molecule has 3 heterocycles. The molecule has 0 aromatic heterocycles. The number of rotatable bonds is 3. The number of halogens is 1. The lowest BCUT2D eigenvalue weighted by atomic mass is 9.94. The van der Waals surface area contributed by atoms with Crippen LogP contribution in [0.2, 0.25) is 5.02 Å². The van der Waals surface area contributed by atoms with Crippen molar-refractivity contribution in [2.24, 2.45) is 5.92 Å². The quantitative estimate of drug-likeness (QED) is 0.780. The Labute approximate surface area is 164 Å². The molecule has 0 spiro atoms. The first-order valence-corrected chi connectivity index (χ1v) is 10.2. The zero-order valence-corrected chi connectivity index (χ0v) is 16.1. The van der Waals surface area contributed by atoms with Crippen molar-refractivity contribution in [2.45, 2.75) is 38.1 Å². The van der Waals surface area contributed by atoms with Gasteiger partial charge in [0.25, 0.3) is 5.91 Å². The summed E-state index contributed by atoms with van der Waals surface area (Å²) in [7, 11) is 0. The predicted octanol–water partition coefficient (Wildman–Crippen LogP) is 0.889. The average molecular weight is 391 g/mol. The van der Waals surface area contributed by atoms with E-state index in [1.807, 2.05) is 4.90 Å². The van der Waals surface area contributed by atoms with E-state index in [-0.39, 0.29) is 36.1 Å². The highest BCUT2D eigenvalue weighted by Crippen LogP contribution is 2.25. The number of carbonyl (C=O) groups excluding carboxylic acids is 3. The third-order valence-electron chi connectivity index (χ3n) is 6.10. The number of benzene rings is 1. The van der Waals surface area contributed by atoms with Crippen molar-refractivity contribution in [1.29, 1.82) is 0 Å². The summed E-state index contributed by atoms with van der Waals surface area (Å²) in [6.07, 6.45) is 4.02. The second kappa shape index (κ2) is 7.60. The van der Waals surface area contributed by atoms with E-state index in [2.05, 4.69) is 0 Å². The van der Waals surface area contributed by atoms with Crippen LogP contribution in [-0.2, 0) is 14.4 Å². The molecule has 0 radical (unpaired) electrons. The number of anilines is 1. The van der Waals surface area contributed by atoms with Crippen molar-refractivity contribution < 1.29 is 19.3 Å². The summed E-state index contributed by atoms with van der Waals surface area (Å²) < 4.78 is 0. The third kappa shape index (κ3) is 3.60. The number of hydrogen-bond donors (Lipinski definition) is 1. The minimum absolute atomic E-state index is 0.0723. The highest BCUT2D eigenvalue weighted by molar-refractivity contribution is 6.31. The Bertz CT molecular complexity index is 755. The zero-order valence-electron chi connectivity index (χ0n) is 15.3. The van der Waals surface area contributed by atoms with Crippen molar-refractivity contribution in [1.82, 2.24) is 4.90 Å². The van der Waals surface area contributed by atoms with E-state index in [1.165, 1.54) is 4.90 Å².